The minimum absolute atomic E-state index is 0.0318. The fourth-order valence-corrected chi connectivity index (χ4v) is 2.99. The van der Waals surface area contributed by atoms with Crippen LogP contribution in [0.5, 0.6) is 0 Å². The summed E-state index contributed by atoms with van der Waals surface area (Å²) in [4.78, 5) is 2.10. The normalized spacial score (nSPS) is 25.8. The third kappa shape index (κ3) is 3.05. The van der Waals surface area contributed by atoms with E-state index in [1.165, 1.54) is 6.42 Å². The average molecular weight is 219 g/mol. The number of hydrogen-bond donors (Lipinski definition) is 0. The van der Waals surface area contributed by atoms with E-state index in [-0.39, 0.29) is 11.5 Å². The van der Waals surface area contributed by atoms with E-state index in [0.29, 0.717) is 0 Å². The maximum Gasteiger partial charge on any atom is 0.109 e. The van der Waals surface area contributed by atoms with Gasteiger partial charge in [-0.25, -0.2) is 0 Å². The Bertz CT molecular complexity index is 193. The van der Waals surface area contributed by atoms with E-state index in [1.54, 1.807) is 11.8 Å². The van der Waals surface area contributed by atoms with E-state index in [9.17, 15) is 0 Å². The molecule has 1 fully saturated rings. The van der Waals surface area contributed by atoms with Gasteiger partial charge in [0.15, 0.2) is 0 Å². The minimum atomic E-state index is 0.0318. The van der Waals surface area contributed by atoms with Gasteiger partial charge < -0.3 is 0 Å². The number of nitriles is 1. The summed E-state index contributed by atoms with van der Waals surface area (Å²) in [5.41, 5.74) is 0.0552. The predicted octanol–water partition coefficient (Wildman–Crippen LogP) is 2.64. The van der Waals surface area contributed by atoms with E-state index in [2.05, 4.69) is 17.9 Å². The van der Waals surface area contributed by atoms with Gasteiger partial charge >= 0.3 is 0 Å². The molecule has 1 heterocycles. The van der Waals surface area contributed by atoms with Crippen LogP contribution in [0.1, 0.15) is 26.2 Å². The second-order valence-electron chi connectivity index (χ2n) is 3.24. The smallest absolute Gasteiger partial charge is 0.109 e. The first-order valence-electron chi connectivity index (χ1n) is 4.66. The van der Waals surface area contributed by atoms with Crippen molar-refractivity contribution in [2.75, 3.05) is 11.6 Å². The molecule has 0 bridgehead atoms. The van der Waals surface area contributed by atoms with Crippen molar-refractivity contribution in [3.05, 3.63) is 0 Å². The molecule has 0 aromatic rings. The van der Waals surface area contributed by atoms with Crippen LogP contribution in [0.2, 0.25) is 0 Å². The molecule has 1 saturated heterocycles. The average Bonchev–Trinajstić information content (AvgIpc) is 2.61. The molecule has 4 heteroatoms. The third-order valence-electron chi connectivity index (χ3n) is 2.22. The predicted molar refractivity (Wildman–Crippen MR) is 57.7 cm³/mol. The highest BCUT2D eigenvalue weighted by atomic mass is 35.5. The molecular weight excluding hydrogens is 204 g/mol. The monoisotopic (exact) mass is 218 g/mol. The van der Waals surface area contributed by atoms with Crippen molar-refractivity contribution >= 4 is 23.4 Å². The molecule has 1 aliphatic rings. The molecule has 0 saturated carbocycles. The quantitative estimate of drug-likeness (QED) is 0.536. The molecule has 13 heavy (non-hydrogen) atoms. The summed E-state index contributed by atoms with van der Waals surface area (Å²) in [6.07, 6.45) is 3.31. The van der Waals surface area contributed by atoms with E-state index in [4.69, 9.17) is 16.9 Å². The van der Waals surface area contributed by atoms with Crippen molar-refractivity contribution < 1.29 is 0 Å². The summed E-state index contributed by atoms with van der Waals surface area (Å²) in [7, 11) is 0. The molecule has 0 aromatic heterocycles. The molecule has 0 spiro atoms. The number of nitrogens with zero attached hydrogens (tertiary/aromatic N) is 2. The lowest BCUT2D eigenvalue weighted by molar-refractivity contribution is 0.269. The fourth-order valence-electron chi connectivity index (χ4n) is 1.38. The largest absolute Gasteiger partial charge is 0.261 e. The molecule has 0 aromatic carbocycles. The molecule has 1 aliphatic heterocycles. The topological polar surface area (TPSA) is 27.0 Å². The Kier molecular flexibility index (Phi) is 4.93. The van der Waals surface area contributed by atoms with Crippen LogP contribution in [0.15, 0.2) is 0 Å². The van der Waals surface area contributed by atoms with Crippen molar-refractivity contribution in [1.29, 1.82) is 5.26 Å². The molecule has 1 rings (SSSR count). The van der Waals surface area contributed by atoms with Crippen LogP contribution >= 0.6 is 23.4 Å². The van der Waals surface area contributed by atoms with Crippen LogP contribution in [0.4, 0.5) is 0 Å². The maximum absolute atomic E-state index is 8.85. The SMILES string of the molecule is CCCCC(Cl)N1CSCC1C#N. The van der Waals surface area contributed by atoms with E-state index in [1.807, 2.05) is 0 Å². The highest BCUT2D eigenvalue weighted by Gasteiger charge is 2.29. The molecule has 2 atom stereocenters. The second-order valence-corrected chi connectivity index (χ2v) is 4.74. The van der Waals surface area contributed by atoms with Gasteiger partial charge in [0.1, 0.15) is 6.04 Å². The second kappa shape index (κ2) is 5.74. The molecular formula is C9H15ClN2S. The maximum atomic E-state index is 8.85. The lowest BCUT2D eigenvalue weighted by atomic mass is 10.2. The Balaban J connectivity index is 2.37. The summed E-state index contributed by atoms with van der Waals surface area (Å²) in [6, 6.07) is 2.32. The van der Waals surface area contributed by atoms with E-state index >= 15 is 0 Å². The first-order chi connectivity index (χ1) is 6.29. The Morgan fingerprint density at radius 1 is 1.77 bits per heavy atom. The van der Waals surface area contributed by atoms with Gasteiger partial charge in [0, 0.05) is 11.6 Å². The first kappa shape index (κ1) is 11.2. The van der Waals surface area contributed by atoms with Crippen LogP contribution in [-0.2, 0) is 0 Å². The summed E-state index contributed by atoms with van der Waals surface area (Å²) in [5.74, 6) is 1.82. The molecule has 74 valence electrons. The van der Waals surface area contributed by atoms with Crippen LogP contribution in [0.25, 0.3) is 0 Å². The van der Waals surface area contributed by atoms with Gasteiger partial charge in [0.2, 0.25) is 0 Å². The van der Waals surface area contributed by atoms with Crippen molar-refractivity contribution in [3.8, 4) is 6.07 Å². The lowest BCUT2D eigenvalue weighted by Gasteiger charge is -2.23. The van der Waals surface area contributed by atoms with E-state index in [0.717, 1.165) is 24.5 Å². The highest BCUT2D eigenvalue weighted by Crippen LogP contribution is 2.26. The van der Waals surface area contributed by atoms with Gasteiger partial charge in [-0.1, -0.05) is 19.8 Å². The van der Waals surface area contributed by atoms with Crippen LogP contribution in [-0.4, -0.2) is 28.1 Å². The van der Waals surface area contributed by atoms with Crippen LogP contribution in [0.3, 0.4) is 0 Å². The first-order valence-corrected chi connectivity index (χ1v) is 6.26. The minimum Gasteiger partial charge on any atom is -0.261 e. The lowest BCUT2D eigenvalue weighted by Crippen LogP contribution is -2.35. The third-order valence-corrected chi connectivity index (χ3v) is 3.72. The Morgan fingerprint density at radius 2 is 2.54 bits per heavy atom. The molecule has 0 N–H and O–H groups in total. The zero-order valence-electron chi connectivity index (χ0n) is 7.87. The number of hydrogen-bond acceptors (Lipinski definition) is 3. The van der Waals surface area contributed by atoms with E-state index < -0.39 is 0 Å². The molecule has 0 amide bonds. The van der Waals surface area contributed by atoms with Gasteiger partial charge in [-0.2, -0.15) is 5.26 Å². The van der Waals surface area contributed by atoms with Gasteiger partial charge in [0.05, 0.1) is 11.6 Å². The molecule has 2 unspecified atom stereocenters. The Morgan fingerprint density at radius 3 is 3.15 bits per heavy atom. The van der Waals surface area contributed by atoms with Gasteiger partial charge in [-0.05, 0) is 6.42 Å². The van der Waals surface area contributed by atoms with Crippen molar-refractivity contribution in [2.45, 2.75) is 37.7 Å². The van der Waals surface area contributed by atoms with Crippen LogP contribution < -0.4 is 0 Å². The fraction of sp³-hybridized carbons (Fsp3) is 0.889. The van der Waals surface area contributed by atoms with Gasteiger partial charge in [0.25, 0.3) is 0 Å². The number of unbranched alkanes of at least 4 members (excludes halogenated alkanes) is 1. The zero-order valence-corrected chi connectivity index (χ0v) is 9.44. The van der Waals surface area contributed by atoms with Gasteiger partial charge in [-0.3, -0.25) is 4.90 Å². The summed E-state index contributed by atoms with van der Waals surface area (Å²) in [6.45, 7) is 2.16. The molecule has 0 radical (unpaired) electrons. The zero-order chi connectivity index (χ0) is 9.68. The van der Waals surface area contributed by atoms with Crippen LogP contribution in [0, 0.1) is 11.3 Å². The molecule has 2 nitrogen and oxygen atoms in total. The van der Waals surface area contributed by atoms with Crippen molar-refractivity contribution in [1.82, 2.24) is 4.90 Å². The highest BCUT2D eigenvalue weighted by molar-refractivity contribution is 7.99. The van der Waals surface area contributed by atoms with Crippen molar-refractivity contribution in [3.63, 3.8) is 0 Å². The summed E-state index contributed by atoms with van der Waals surface area (Å²) in [5, 5.41) is 8.85. The number of thioether (sulfide) groups is 1. The van der Waals surface area contributed by atoms with Gasteiger partial charge in [-0.15, -0.1) is 23.4 Å². The number of rotatable bonds is 4. The Hall–Kier alpha value is 0.0900. The summed E-state index contributed by atoms with van der Waals surface area (Å²) >= 11 is 8.00. The Labute approximate surface area is 89.2 Å². The standard InChI is InChI=1S/C9H15ClN2S/c1-2-3-4-9(10)12-7-13-6-8(12)5-11/h8-9H,2-4,6-7H2,1H3. The van der Waals surface area contributed by atoms with Crippen molar-refractivity contribution in [2.24, 2.45) is 0 Å². The summed E-state index contributed by atoms with van der Waals surface area (Å²) < 4.78 is 0. The number of alkyl halides is 1. The molecule has 0 aliphatic carbocycles. The number of halogens is 1.